The van der Waals surface area contributed by atoms with E-state index in [1.807, 2.05) is 12.1 Å². The van der Waals surface area contributed by atoms with Gasteiger partial charge in [0.15, 0.2) is 0 Å². The van der Waals surface area contributed by atoms with Crippen molar-refractivity contribution >= 4 is 11.8 Å². The Morgan fingerprint density at radius 1 is 1.27 bits per heavy atom. The zero-order valence-corrected chi connectivity index (χ0v) is 15.9. The van der Waals surface area contributed by atoms with Gasteiger partial charge >= 0.3 is 0 Å². The summed E-state index contributed by atoms with van der Waals surface area (Å²) < 4.78 is 0. The number of nitrogens with one attached hydrogen (secondary N) is 2. The fraction of sp³-hybridized carbons (Fsp3) is 0.600. The summed E-state index contributed by atoms with van der Waals surface area (Å²) in [6, 6.07) is 8.12. The van der Waals surface area contributed by atoms with Crippen molar-refractivity contribution in [2.24, 2.45) is 0 Å². The topological polar surface area (TPSA) is 64.7 Å². The van der Waals surface area contributed by atoms with E-state index in [1.165, 1.54) is 5.56 Å². The van der Waals surface area contributed by atoms with Crippen LogP contribution in [-0.4, -0.2) is 66.9 Å². The lowest BCUT2D eigenvalue weighted by Crippen LogP contribution is -2.62. The van der Waals surface area contributed by atoms with Crippen LogP contribution in [0, 0.1) is 6.92 Å². The van der Waals surface area contributed by atoms with Gasteiger partial charge in [0, 0.05) is 44.7 Å². The minimum Gasteiger partial charge on any atom is -0.356 e. The number of aryl methyl sites for hydroxylation is 1. The van der Waals surface area contributed by atoms with Gasteiger partial charge in [0.25, 0.3) is 0 Å². The zero-order chi connectivity index (χ0) is 18.6. The Morgan fingerprint density at radius 2 is 2.08 bits per heavy atom. The molecule has 1 atom stereocenters. The summed E-state index contributed by atoms with van der Waals surface area (Å²) in [5.74, 6) is 0.208. The summed E-state index contributed by atoms with van der Waals surface area (Å²) in [6.07, 6.45) is 2.37. The predicted octanol–water partition coefficient (Wildman–Crippen LogP) is 0.898. The number of piperazine rings is 1. The van der Waals surface area contributed by atoms with E-state index >= 15 is 0 Å². The van der Waals surface area contributed by atoms with Crippen LogP contribution in [0.1, 0.15) is 30.4 Å². The number of nitrogens with zero attached hydrogens (tertiary/aromatic N) is 2. The SMILES string of the molecule is Cc1ccccc1CNC(=O)CN1CCN(C)[C@]2(CCNC(=O)CC2)C1. The fourth-order valence-corrected chi connectivity index (χ4v) is 4.07. The first-order valence-corrected chi connectivity index (χ1v) is 9.50. The largest absolute Gasteiger partial charge is 0.356 e. The summed E-state index contributed by atoms with van der Waals surface area (Å²) in [5.41, 5.74) is 2.35. The molecule has 6 heteroatoms. The van der Waals surface area contributed by atoms with Gasteiger partial charge in [-0.3, -0.25) is 19.4 Å². The summed E-state index contributed by atoms with van der Waals surface area (Å²) in [5, 5.41) is 6.02. The second-order valence-electron chi connectivity index (χ2n) is 7.66. The maximum absolute atomic E-state index is 12.4. The Bertz CT molecular complexity index is 663. The third-order valence-electron chi connectivity index (χ3n) is 5.91. The summed E-state index contributed by atoms with van der Waals surface area (Å²) in [7, 11) is 2.14. The van der Waals surface area contributed by atoms with Crippen molar-refractivity contribution in [3.8, 4) is 0 Å². The number of rotatable bonds is 4. The molecule has 0 unspecified atom stereocenters. The van der Waals surface area contributed by atoms with Crippen LogP contribution in [0.2, 0.25) is 0 Å². The molecule has 0 aliphatic carbocycles. The van der Waals surface area contributed by atoms with Crippen molar-refractivity contribution < 1.29 is 9.59 Å². The van der Waals surface area contributed by atoms with E-state index in [1.54, 1.807) is 0 Å². The van der Waals surface area contributed by atoms with Crippen molar-refractivity contribution in [1.29, 1.82) is 0 Å². The standard InChI is InChI=1S/C20H30N4O2/c1-16-5-3-4-6-17(16)13-22-19(26)14-24-12-11-23(2)20(15-24)8-7-18(25)21-10-9-20/h3-6H,7-15H2,1-2H3,(H,21,25)(H,22,26)/t20-/m1/s1. The molecule has 2 amide bonds. The van der Waals surface area contributed by atoms with E-state index < -0.39 is 0 Å². The van der Waals surface area contributed by atoms with Crippen LogP contribution in [0.5, 0.6) is 0 Å². The van der Waals surface area contributed by atoms with Gasteiger partial charge in [-0.2, -0.15) is 0 Å². The fourth-order valence-electron chi connectivity index (χ4n) is 4.07. The summed E-state index contributed by atoms with van der Waals surface area (Å²) >= 11 is 0. The highest BCUT2D eigenvalue weighted by molar-refractivity contribution is 5.78. The van der Waals surface area contributed by atoms with E-state index in [-0.39, 0.29) is 17.4 Å². The molecule has 1 aromatic carbocycles. The lowest BCUT2D eigenvalue weighted by molar-refractivity contribution is -0.124. The summed E-state index contributed by atoms with van der Waals surface area (Å²) in [6.45, 7) is 6.43. The van der Waals surface area contributed by atoms with Crippen molar-refractivity contribution in [1.82, 2.24) is 20.4 Å². The molecule has 2 saturated heterocycles. The maximum Gasteiger partial charge on any atom is 0.234 e. The van der Waals surface area contributed by atoms with Gasteiger partial charge < -0.3 is 10.6 Å². The molecule has 2 heterocycles. The van der Waals surface area contributed by atoms with Gasteiger partial charge in [0.05, 0.1) is 6.54 Å². The highest BCUT2D eigenvalue weighted by Crippen LogP contribution is 2.30. The van der Waals surface area contributed by atoms with Crippen molar-refractivity contribution in [2.75, 3.05) is 39.8 Å². The average molecular weight is 358 g/mol. The van der Waals surface area contributed by atoms with Crippen LogP contribution >= 0.6 is 0 Å². The van der Waals surface area contributed by atoms with E-state index in [4.69, 9.17) is 0 Å². The van der Waals surface area contributed by atoms with Crippen LogP contribution in [-0.2, 0) is 16.1 Å². The third kappa shape index (κ3) is 4.43. The lowest BCUT2D eigenvalue weighted by atomic mass is 9.86. The highest BCUT2D eigenvalue weighted by Gasteiger charge is 2.41. The minimum atomic E-state index is -0.00624. The number of amides is 2. The van der Waals surface area contributed by atoms with Crippen LogP contribution in [0.4, 0.5) is 0 Å². The molecular formula is C20H30N4O2. The second kappa shape index (κ2) is 8.18. The molecule has 6 nitrogen and oxygen atoms in total. The Hall–Kier alpha value is -1.92. The molecule has 0 saturated carbocycles. The number of carbonyl (C=O) groups is 2. The van der Waals surface area contributed by atoms with E-state index in [2.05, 4.69) is 46.5 Å². The molecular weight excluding hydrogens is 328 g/mol. The Morgan fingerprint density at radius 3 is 2.88 bits per heavy atom. The molecule has 142 valence electrons. The molecule has 3 rings (SSSR count). The molecule has 1 spiro atoms. The second-order valence-corrected chi connectivity index (χ2v) is 7.66. The molecule has 2 aliphatic rings. The first-order valence-electron chi connectivity index (χ1n) is 9.50. The molecule has 2 fully saturated rings. The quantitative estimate of drug-likeness (QED) is 0.839. The Balaban J connectivity index is 1.55. The zero-order valence-electron chi connectivity index (χ0n) is 15.9. The van der Waals surface area contributed by atoms with Crippen molar-refractivity contribution in [3.05, 3.63) is 35.4 Å². The molecule has 2 N–H and O–H groups in total. The molecule has 26 heavy (non-hydrogen) atoms. The van der Waals surface area contributed by atoms with Gasteiger partial charge in [-0.15, -0.1) is 0 Å². The van der Waals surface area contributed by atoms with Crippen molar-refractivity contribution in [3.63, 3.8) is 0 Å². The van der Waals surface area contributed by atoms with Crippen LogP contribution in [0.25, 0.3) is 0 Å². The van der Waals surface area contributed by atoms with Crippen LogP contribution < -0.4 is 10.6 Å². The van der Waals surface area contributed by atoms with E-state index in [9.17, 15) is 9.59 Å². The molecule has 0 aromatic heterocycles. The monoisotopic (exact) mass is 358 g/mol. The van der Waals surface area contributed by atoms with Gasteiger partial charge in [-0.1, -0.05) is 24.3 Å². The van der Waals surface area contributed by atoms with Crippen LogP contribution in [0.15, 0.2) is 24.3 Å². The first kappa shape index (κ1) is 18.9. The number of hydrogen-bond donors (Lipinski definition) is 2. The average Bonchev–Trinajstić information content (AvgIpc) is 2.80. The van der Waals surface area contributed by atoms with E-state index in [0.717, 1.165) is 44.6 Å². The van der Waals surface area contributed by atoms with E-state index in [0.29, 0.717) is 19.5 Å². The molecule has 2 aliphatic heterocycles. The number of hydrogen-bond acceptors (Lipinski definition) is 4. The number of carbonyl (C=O) groups excluding carboxylic acids is 2. The van der Waals surface area contributed by atoms with Crippen molar-refractivity contribution in [2.45, 2.75) is 38.3 Å². The van der Waals surface area contributed by atoms with Gasteiger partial charge in [0.2, 0.25) is 11.8 Å². The minimum absolute atomic E-state index is 0.00624. The maximum atomic E-state index is 12.4. The third-order valence-corrected chi connectivity index (χ3v) is 5.91. The van der Waals surface area contributed by atoms with Crippen LogP contribution in [0.3, 0.4) is 0 Å². The molecule has 0 radical (unpaired) electrons. The Kier molecular flexibility index (Phi) is 5.94. The first-order chi connectivity index (χ1) is 12.5. The molecule has 0 bridgehead atoms. The highest BCUT2D eigenvalue weighted by atomic mass is 16.2. The number of benzene rings is 1. The predicted molar refractivity (Wildman–Crippen MR) is 102 cm³/mol. The smallest absolute Gasteiger partial charge is 0.234 e. The Labute approximate surface area is 155 Å². The lowest BCUT2D eigenvalue weighted by Gasteiger charge is -2.49. The molecule has 1 aromatic rings. The number of likely N-dealkylation sites (N-methyl/N-ethyl adjacent to an activating group) is 1. The van der Waals surface area contributed by atoms with Gasteiger partial charge in [-0.25, -0.2) is 0 Å². The normalized spacial score (nSPS) is 24.9. The van der Waals surface area contributed by atoms with Gasteiger partial charge in [-0.05, 0) is 37.9 Å². The van der Waals surface area contributed by atoms with Gasteiger partial charge in [0.1, 0.15) is 0 Å². The summed E-state index contributed by atoms with van der Waals surface area (Å²) in [4.78, 5) is 28.8.